The van der Waals surface area contributed by atoms with Crippen molar-refractivity contribution in [1.29, 1.82) is 0 Å². The van der Waals surface area contributed by atoms with E-state index in [1.807, 2.05) is 41.6 Å². The van der Waals surface area contributed by atoms with Crippen molar-refractivity contribution in [2.24, 2.45) is 9.98 Å². The smallest absolute Gasteiger partial charge is 0.273 e. The van der Waals surface area contributed by atoms with Crippen molar-refractivity contribution < 1.29 is 14.1 Å². The highest BCUT2D eigenvalue weighted by Crippen LogP contribution is 2.38. The summed E-state index contributed by atoms with van der Waals surface area (Å²) in [5.41, 5.74) is 4.49. The van der Waals surface area contributed by atoms with Gasteiger partial charge in [0.15, 0.2) is 5.70 Å². The predicted octanol–water partition coefficient (Wildman–Crippen LogP) is 5.40. The number of allylic oxidation sites excluding steroid dienone is 1. The Morgan fingerprint density at radius 1 is 1.09 bits per heavy atom. The van der Waals surface area contributed by atoms with Gasteiger partial charge in [0, 0.05) is 24.5 Å². The first-order valence-corrected chi connectivity index (χ1v) is 14.8. The molecular weight excluding hydrogens is 564 g/mol. The maximum Gasteiger partial charge on any atom is 0.273 e. The van der Waals surface area contributed by atoms with Crippen LogP contribution in [0.5, 0.6) is 0 Å². The Balaban J connectivity index is 1.28. The second-order valence-electron chi connectivity index (χ2n) is 10.9. The Morgan fingerprint density at radius 2 is 1.91 bits per heavy atom. The molecule has 6 rings (SSSR count). The van der Waals surface area contributed by atoms with E-state index < -0.39 is 0 Å². The van der Waals surface area contributed by atoms with Gasteiger partial charge in [0.25, 0.3) is 11.8 Å². The number of pyridine rings is 1. The van der Waals surface area contributed by atoms with Crippen LogP contribution in [0.4, 0.5) is 5.82 Å². The van der Waals surface area contributed by atoms with Gasteiger partial charge in [0.1, 0.15) is 23.4 Å². The summed E-state index contributed by atoms with van der Waals surface area (Å²) in [4.78, 5) is 50.4. The Bertz CT molecular complexity index is 1700. The van der Waals surface area contributed by atoms with Crippen LogP contribution in [-0.2, 0) is 6.42 Å². The van der Waals surface area contributed by atoms with Gasteiger partial charge in [0.2, 0.25) is 11.1 Å². The third-order valence-electron chi connectivity index (χ3n) is 8.01. The maximum atomic E-state index is 13.6. The number of likely N-dealkylation sites (tertiary alicyclic amines) is 1. The fourth-order valence-corrected chi connectivity index (χ4v) is 5.98. The molecular formula is C32H32ClN8O2+. The molecule has 3 aliphatic rings. The van der Waals surface area contributed by atoms with Crippen molar-refractivity contribution in [2.45, 2.75) is 45.1 Å². The van der Waals surface area contributed by atoms with Gasteiger partial charge < -0.3 is 10.2 Å². The van der Waals surface area contributed by atoms with E-state index in [9.17, 15) is 9.59 Å². The van der Waals surface area contributed by atoms with Gasteiger partial charge in [0.05, 0.1) is 31.1 Å². The summed E-state index contributed by atoms with van der Waals surface area (Å²) in [6.07, 6.45) is 13.4. The van der Waals surface area contributed by atoms with Crippen molar-refractivity contribution in [3.05, 3.63) is 106 Å². The van der Waals surface area contributed by atoms with Gasteiger partial charge in [-0.25, -0.2) is 19.4 Å². The summed E-state index contributed by atoms with van der Waals surface area (Å²) < 4.78 is 0.302. The highest BCUT2D eigenvalue weighted by atomic mass is 35.5. The standard InChI is InChI=1S/C32H31ClN8O2/c1-3-6-21-12-14-35-27(19-21)38-30(42)23-10-8-22(9-11-23)29-39-28(26-20-34-16-18-41(26,29)2)25-7-4-5-17-40(25)31(43)24-13-15-36-32(33)37-24/h8-16,18-20,25H,3-7,17H2,1-2H3/p+1. The minimum absolute atomic E-state index is 0.0369. The number of amidine groups is 1. The molecule has 1 N–H and O–H groups in total. The van der Waals surface area contributed by atoms with Crippen LogP contribution in [0.2, 0.25) is 5.28 Å². The molecule has 2 atom stereocenters. The van der Waals surface area contributed by atoms with Crippen LogP contribution < -0.4 is 5.32 Å². The number of piperidine rings is 1. The molecule has 2 unspecified atom stereocenters. The molecule has 1 saturated heterocycles. The van der Waals surface area contributed by atoms with E-state index in [2.05, 4.69) is 39.2 Å². The van der Waals surface area contributed by atoms with Crippen LogP contribution in [-0.4, -0.2) is 67.8 Å². The lowest BCUT2D eigenvalue weighted by molar-refractivity contribution is -0.713. The van der Waals surface area contributed by atoms with Crippen LogP contribution in [0.15, 0.2) is 88.6 Å². The minimum Gasteiger partial charge on any atom is -0.328 e. The molecule has 5 heterocycles. The number of carbonyl (C=O) groups is 2. The number of carbonyl (C=O) groups excluding carboxylic acids is 2. The molecule has 1 fully saturated rings. The summed E-state index contributed by atoms with van der Waals surface area (Å²) in [7, 11) is 2.05. The van der Waals surface area contributed by atoms with Crippen LogP contribution >= 0.6 is 11.6 Å². The lowest BCUT2D eigenvalue weighted by atomic mass is 9.97. The molecule has 0 bridgehead atoms. The number of quaternary nitrogens is 1. The quantitative estimate of drug-likeness (QED) is 0.290. The molecule has 2 aromatic heterocycles. The Kier molecular flexibility index (Phi) is 7.96. The topological polar surface area (TPSA) is 113 Å². The van der Waals surface area contributed by atoms with E-state index in [0.29, 0.717) is 22.4 Å². The molecule has 218 valence electrons. The fourth-order valence-electron chi connectivity index (χ4n) is 5.83. The van der Waals surface area contributed by atoms with Crippen LogP contribution in [0.1, 0.15) is 64.6 Å². The van der Waals surface area contributed by atoms with Crippen LogP contribution in [0.3, 0.4) is 0 Å². The first kappa shape index (κ1) is 28.6. The van der Waals surface area contributed by atoms with Crippen LogP contribution in [0, 0.1) is 0 Å². The van der Waals surface area contributed by atoms with E-state index in [4.69, 9.17) is 16.6 Å². The number of nitrogens with one attached hydrogen (secondary N) is 1. The summed E-state index contributed by atoms with van der Waals surface area (Å²) in [5, 5.41) is 2.94. The van der Waals surface area contributed by atoms with Gasteiger partial charge in [-0.1, -0.05) is 13.3 Å². The number of benzene rings is 1. The number of aliphatic imine (C=N–C) groups is 2. The average Bonchev–Trinajstić information content (AvgIpc) is 3.34. The lowest BCUT2D eigenvalue weighted by Crippen LogP contribution is -2.46. The van der Waals surface area contributed by atoms with E-state index in [0.717, 1.165) is 60.5 Å². The molecule has 43 heavy (non-hydrogen) atoms. The van der Waals surface area contributed by atoms with Crippen molar-refractivity contribution in [1.82, 2.24) is 19.9 Å². The number of hydrogen-bond acceptors (Lipinski definition) is 7. The Morgan fingerprint density at radius 3 is 2.70 bits per heavy atom. The number of fused-ring (bicyclic) bond motifs is 1. The largest absolute Gasteiger partial charge is 0.328 e. The highest BCUT2D eigenvalue weighted by Gasteiger charge is 2.46. The van der Waals surface area contributed by atoms with E-state index >= 15 is 0 Å². The first-order valence-electron chi connectivity index (χ1n) is 14.4. The molecule has 3 aliphatic heterocycles. The number of aryl methyl sites for hydroxylation is 1. The molecule has 0 aliphatic carbocycles. The number of aromatic nitrogens is 3. The molecule has 11 heteroatoms. The maximum absolute atomic E-state index is 13.6. The van der Waals surface area contributed by atoms with E-state index in [1.165, 1.54) is 6.20 Å². The van der Waals surface area contributed by atoms with Gasteiger partial charge in [-0.05, 0) is 85.3 Å². The average molecular weight is 596 g/mol. The van der Waals surface area contributed by atoms with Crippen molar-refractivity contribution in [3.8, 4) is 0 Å². The fraction of sp³-hybridized carbons (Fsp3) is 0.281. The lowest BCUT2D eigenvalue weighted by Gasteiger charge is -2.35. The number of amides is 2. The zero-order valence-corrected chi connectivity index (χ0v) is 24.8. The van der Waals surface area contributed by atoms with Crippen molar-refractivity contribution >= 4 is 41.3 Å². The molecule has 10 nitrogen and oxygen atoms in total. The van der Waals surface area contributed by atoms with E-state index in [-0.39, 0.29) is 28.8 Å². The van der Waals surface area contributed by atoms with Gasteiger partial charge >= 0.3 is 0 Å². The molecule has 0 saturated carbocycles. The summed E-state index contributed by atoms with van der Waals surface area (Å²) >= 11 is 6.00. The Labute approximate surface area is 255 Å². The zero-order chi connectivity index (χ0) is 30.0. The Hall–Kier alpha value is -4.54. The molecule has 3 aromatic rings. The molecule has 2 amide bonds. The number of anilines is 1. The number of rotatable bonds is 7. The zero-order valence-electron chi connectivity index (χ0n) is 24.1. The normalized spacial score (nSPS) is 21.0. The summed E-state index contributed by atoms with van der Waals surface area (Å²) in [5.74, 6) is 0.891. The SMILES string of the molecule is CCCc1ccnc(NC(=O)c2ccc(C3=NC(C4CCCCN4C(=O)c4ccnc(Cl)n4)=C4C=NC=C[N+]34C)cc2)c1. The summed E-state index contributed by atoms with van der Waals surface area (Å²) in [6.45, 7) is 2.70. The van der Waals surface area contributed by atoms with Gasteiger partial charge in [-0.3, -0.25) is 14.6 Å². The van der Waals surface area contributed by atoms with Crippen LogP contribution in [0.25, 0.3) is 0 Å². The van der Waals surface area contributed by atoms with Crippen molar-refractivity contribution in [3.63, 3.8) is 0 Å². The van der Waals surface area contributed by atoms with E-state index in [1.54, 1.807) is 30.6 Å². The summed E-state index contributed by atoms with van der Waals surface area (Å²) in [6, 6.07) is 12.6. The number of hydrogen-bond donors (Lipinski definition) is 1. The molecule has 0 spiro atoms. The second-order valence-corrected chi connectivity index (χ2v) is 11.2. The molecule has 1 aromatic carbocycles. The number of halogens is 1. The second kappa shape index (κ2) is 12.0. The highest BCUT2D eigenvalue weighted by molar-refractivity contribution is 6.28. The van der Waals surface area contributed by atoms with Crippen molar-refractivity contribution in [2.75, 3.05) is 18.9 Å². The van der Waals surface area contributed by atoms with Gasteiger partial charge in [-0.15, -0.1) is 0 Å². The monoisotopic (exact) mass is 595 g/mol. The first-order chi connectivity index (χ1) is 20.9. The molecule has 0 radical (unpaired) electrons. The minimum atomic E-state index is -0.251. The third-order valence-corrected chi connectivity index (χ3v) is 8.19. The number of nitrogens with zero attached hydrogens (tertiary/aromatic N) is 7. The predicted molar refractivity (Wildman–Crippen MR) is 166 cm³/mol. The third kappa shape index (κ3) is 5.63. The van der Waals surface area contributed by atoms with Gasteiger partial charge in [-0.2, -0.15) is 4.99 Å².